The van der Waals surface area contributed by atoms with Crippen LogP contribution < -0.4 is 4.90 Å². The predicted octanol–water partition coefficient (Wildman–Crippen LogP) is 3.80. The summed E-state index contributed by atoms with van der Waals surface area (Å²) in [5, 5.41) is 0. The molecule has 19 heavy (non-hydrogen) atoms. The van der Waals surface area contributed by atoms with Crippen molar-refractivity contribution in [2.24, 2.45) is 0 Å². The zero-order valence-electron chi connectivity index (χ0n) is 11.4. The highest BCUT2D eigenvalue weighted by Crippen LogP contribution is 2.17. The quantitative estimate of drug-likeness (QED) is 0.730. The fourth-order valence-corrected chi connectivity index (χ4v) is 1.89. The molecule has 1 nitrogen and oxygen atoms in total. The first-order valence-corrected chi connectivity index (χ1v) is 6.22. The van der Waals surface area contributed by atoms with E-state index in [0.717, 1.165) is 22.4 Å². The number of para-hydroxylation sites is 1. The van der Waals surface area contributed by atoms with Crippen molar-refractivity contribution in [3.8, 4) is 11.8 Å². The Morgan fingerprint density at radius 3 is 2.16 bits per heavy atom. The zero-order valence-corrected chi connectivity index (χ0v) is 11.4. The minimum absolute atomic E-state index is 1.01. The molecule has 0 atom stereocenters. The standard InChI is InChI=1S/C18H17N/c1-4-15-9-5-6-10-16(15)13-14-17-11-7-8-12-18(17)19(2)3/h4-12H,1H2,2-3H3. The predicted molar refractivity (Wildman–Crippen MR) is 83.3 cm³/mol. The maximum atomic E-state index is 3.82. The van der Waals surface area contributed by atoms with Crippen molar-refractivity contribution in [1.82, 2.24) is 0 Å². The number of anilines is 1. The second kappa shape index (κ2) is 5.93. The molecule has 0 heterocycles. The lowest BCUT2D eigenvalue weighted by Crippen LogP contribution is -2.10. The number of nitrogens with zero attached hydrogens (tertiary/aromatic N) is 1. The molecule has 2 aromatic rings. The number of hydrogen-bond donors (Lipinski definition) is 0. The molecule has 94 valence electrons. The SMILES string of the molecule is C=Cc1ccccc1C#Cc1ccccc1N(C)C. The van der Waals surface area contributed by atoms with Gasteiger partial charge in [-0.2, -0.15) is 0 Å². The molecule has 0 saturated heterocycles. The van der Waals surface area contributed by atoms with Gasteiger partial charge in [0, 0.05) is 25.2 Å². The lowest BCUT2D eigenvalue weighted by atomic mass is 10.1. The molecule has 0 saturated carbocycles. The van der Waals surface area contributed by atoms with Crippen LogP contribution in [-0.4, -0.2) is 14.1 Å². The van der Waals surface area contributed by atoms with Crippen LogP contribution >= 0.6 is 0 Å². The van der Waals surface area contributed by atoms with E-state index in [4.69, 9.17) is 0 Å². The lowest BCUT2D eigenvalue weighted by molar-refractivity contribution is 1.13. The number of rotatable bonds is 2. The van der Waals surface area contributed by atoms with Gasteiger partial charge in [0.15, 0.2) is 0 Å². The second-order valence-corrected chi connectivity index (χ2v) is 4.45. The molecule has 0 aliphatic carbocycles. The monoisotopic (exact) mass is 247 g/mol. The molecule has 0 bridgehead atoms. The van der Waals surface area contributed by atoms with E-state index in [2.05, 4.69) is 29.4 Å². The van der Waals surface area contributed by atoms with E-state index < -0.39 is 0 Å². The molecule has 0 aromatic heterocycles. The average molecular weight is 247 g/mol. The van der Waals surface area contributed by atoms with Crippen molar-refractivity contribution in [1.29, 1.82) is 0 Å². The summed E-state index contributed by atoms with van der Waals surface area (Å²) >= 11 is 0. The van der Waals surface area contributed by atoms with Gasteiger partial charge in [0.2, 0.25) is 0 Å². The molecule has 0 unspecified atom stereocenters. The summed E-state index contributed by atoms with van der Waals surface area (Å²) in [6.45, 7) is 3.82. The van der Waals surface area contributed by atoms with Crippen molar-refractivity contribution < 1.29 is 0 Å². The van der Waals surface area contributed by atoms with Crippen LogP contribution in [0.2, 0.25) is 0 Å². The third-order valence-corrected chi connectivity index (χ3v) is 2.90. The maximum Gasteiger partial charge on any atom is 0.0520 e. The Bertz CT molecular complexity index is 642. The molecule has 0 fully saturated rings. The Morgan fingerprint density at radius 2 is 1.47 bits per heavy atom. The Kier molecular flexibility index (Phi) is 4.05. The van der Waals surface area contributed by atoms with Gasteiger partial charge in [0.25, 0.3) is 0 Å². The molecule has 2 rings (SSSR count). The highest BCUT2D eigenvalue weighted by atomic mass is 15.1. The Hall–Kier alpha value is -2.46. The molecule has 2 aromatic carbocycles. The van der Waals surface area contributed by atoms with Crippen molar-refractivity contribution >= 4 is 11.8 Å². The first kappa shape index (κ1) is 13.0. The molecular formula is C18H17N. The molecule has 0 N–H and O–H groups in total. The topological polar surface area (TPSA) is 3.24 Å². The fourth-order valence-electron chi connectivity index (χ4n) is 1.89. The van der Waals surface area contributed by atoms with Gasteiger partial charge in [-0.1, -0.05) is 54.8 Å². The summed E-state index contributed by atoms with van der Waals surface area (Å²) in [7, 11) is 4.05. The van der Waals surface area contributed by atoms with Crippen LogP contribution in [0.4, 0.5) is 5.69 Å². The summed E-state index contributed by atoms with van der Waals surface area (Å²) in [6, 6.07) is 16.2. The summed E-state index contributed by atoms with van der Waals surface area (Å²) < 4.78 is 0. The lowest BCUT2D eigenvalue weighted by Gasteiger charge is -2.13. The van der Waals surface area contributed by atoms with E-state index >= 15 is 0 Å². The Labute approximate surface area is 115 Å². The minimum atomic E-state index is 1.01. The highest BCUT2D eigenvalue weighted by Gasteiger charge is 2.00. The van der Waals surface area contributed by atoms with Crippen LogP contribution in [0.1, 0.15) is 16.7 Å². The van der Waals surface area contributed by atoms with E-state index in [1.807, 2.05) is 62.6 Å². The van der Waals surface area contributed by atoms with Crippen LogP contribution in [0.3, 0.4) is 0 Å². The van der Waals surface area contributed by atoms with Crippen molar-refractivity contribution in [3.63, 3.8) is 0 Å². The van der Waals surface area contributed by atoms with Gasteiger partial charge >= 0.3 is 0 Å². The summed E-state index contributed by atoms with van der Waals surface area (Å²) in [6.07, 6.45) is 1.84. The summed E-state index contributed by atoms with van der Waals surface area (Å²) in [4.78, 5) is 2.07. The second-order valence-electron chi connectivity index (χ2n) is 4.45. The van der Waals surface area contributed by atoms with Gasteiger partial charge in [0.05, 0.1) is 5.69 Å². The van der Waals surface area contributed by atoms with Gasteiger partial charge in [-0.15, -0.1) is 0 Å². The van der Waals surface area contributed by atoms with Crippen LogP contribution in [0.5, 0.6) is 0 Å². The minimum Gasteiger partial charge on any atom is -0.377 e. The molecule has 0 radical (unpaired) electrons. The van der Waals surface area contributed by atoms with Gasteiger partial charge in [-0.3, -0.25) is 0 Å². The van der Waals surface area contributed by atoms with Crippen LogP contribution in [0.25, 0.3) is 6.08 Å². The largest absolute Gasteiger partial charge is 0.377 e. The van der Waals surface area contributed by atoms with E-state index in [0.29, 0.717) is 0 Å². The fraction of sp³-hybridized carbons (Fsp3) is 0.111. The molecule has 0 amide bonds. The molecule has 0 aliphatic rings. The van der Waals surface area contributed by atoms with Crippen LogP contribution in [0.15, 0.2) is 55.1 Å². The van der Waals surface area contributed by atoms with Crippen molar-refractivity contribution in [2.45, 2.75) is 0 Å². The number of hydrogen-bond acceptors (Lipinski definition) is 1. The first-order valence-electron chi connectivity index (χ1n) is 6.22. The van der Waals surface area contributed by atoms with E-state index in [1.54, 1.807) is 0 Å². The van der Waals surface area contributed by atoms with Crippen LogP contribution in [-0.2, 0) is 0 Å². The van der Waals surface area contributed by atoms with Gasteiger partial charge in [-0.25, -0.2) is 0 Å². The number of benzene rings is 2. The summed E-state index contributed by atoms with van der Waals surface area (Å²) in [5.41, 5.74) is 4.24. The van der Waals surface area contributed by atoms with Crippen molar-refractivity contribution in [3.05, 3.63) is 71.8 Å². The summed E-state index contributed by atoms with van der Waals surface area (Å²) in [5.74, 6) is 6.47. The third kappa shape index (κ3) is 3.05. The zero-order chi connectivity index (χ0) is 13.7. The van der Waals surface area contributed by atoms with E-state index in [-0.39, 0.29) is 0 Å². The molecule has 0 spiro atoms. The van der Waals surface area contributed by atoms with Crippen molar-refractivity contribution in [2.75, 3.05) is 19.0 Å². The average Bonchev–Trinajstić information content (AvgIpc) is 2.45. The first-order chi connectivity index (χ1) is 9.22. The third-order valence-electron chi connectivity index (χ3n) is 2.90. The Balaban J connectivity index is 2.42. The normalized spacial score (nSPS) is 9.37. The maximum absolute atomic E-state index is 3.82. The molecular weight excluding hydrogens is 230 g/mol. The van der Waals surface area contributed by atoms with Gasteiger partial charge in [-0.05, 0) is 23.8 Å². The highest BCUT2D eigenvalue weighted by molar-refractivity contribution is 5.63. The van der Waals surface area contributed by atoms with Crippen LogP contribution in [0, 0.1) is 11.8 Å². The molecule has 1 heteroatoms. The molecule has 0 aliphatic heterocycles. The van der Waals surface area contributed by atoms with E-state index in [1.165, 1.54) is 0 Å². The van der Waals surface area contributed by atoms with E-state index in [9.17, 15) is 0 Å². The van der Waals surface area contributed by atoms with Gasteiger partial charge in [0.1, 0.15) is 0 Å². The van der Waals surface area contributed by atoms with Gasteiger partial charge < -0.3 is 4.90 Å². The Morgan fingerprint density at radius 1 is 0.895 bits per heavy atom. The smallest absolute Gasteiger partial charge is 0.0520 e.